The molecule has 1 rings (SSSR count). The summed E-state index contributed by atoms with van der Waals surface area (Å²) in [5.41, 5.74) is 0.982. The van der Waals surface area contributed by atoms with Gasteiger partial charge in [-0.2, -0.15) is 0 Å². The molecule has 1 N–H and O–H groups in total. The van der Waals surface area contributed by atoms with E-state index in [1.165, 1.54) is 0 Å². The predicted molar refractivity (Wildman–Crippen MR) is 95.2 cm³/mol. The molecular formula is C17H31N2O3Si+. The quantitative estimate of drug-likeness (QED) is 0.326. The van der Waals surface area contributed by atoms with Crippen LogP contribution < -0.4 is 0 Å². The highest BCUT2D eigenvalue weighted by molar-refractivity contribution is 6.74. The third kappa shape index (κ3) is 5.45. The third-order valence-corrected chi connectivity index (χ3v) is 9.39. The Morgan fingerprint density at radius 1 is 1.43 bits per heavy atom. The minimum Gasteiger partial charge on any atom is -0.505 e. The van der Waals surface area contributed by atoms with Crippen molar-refractivity contribution >= 4 is 8.32 Å². The van der Waals surface area contributed by atoms with Crippen LogP contribution in [-0.2, 0) is 9.16 Å². The van der Waals surface area contributed by atoms with Crippen molar-refractivity contribution in [1.29, 1.82) is 5.39 Å². The van der Waals surface area contributed by atoms with E-state index in [1.54, 1.807) is 0 Å². The Hall–Kier alpha value is -1.16. The van der Waals surface area contributed by atoms with E-state index in [1.807, 2.05) is 6.92 Å². The summed E-state index contributed by atoms with van der Waals surface area (Å²) >= 11 is 0. The molecule has 0 radical (unpaired) electrons. The zero-order valence-corrected chi connectivity index (χ0v) is 16.3. The Balaban J connectivity index is 2.92. The molecule has 1 fully saturated rings. The summed E-state index contributed by atoms with van der Waals surface area (Å²) < 4.78 is 12.6. The Labute approximate surface area is 141 Å². The van der Waals surface area contributed by atoms with Crippen molar-refractivity contribution < 1.29 is 14.3 Å². The van der Waals surface area contributed by atoms with Crippen LogP contribution in [0, 0.1) is 5.39 Å². The van der Waals surface area contributed by atoms with Crippen LogP contribution in [0.4, 0.5) is 0 Å². The maximum absolute atomic E-state index is 9.86. The molecule has 0 aromatic rings. The van der Waals surface area contributed by atoms with Gasteiger partial charge in [0.05, 0.1) is 18.3 Å². The number of nitrogens with zero attached hydrogens (tertiary/aromatic N) is 2. The van der Waals surface area contributed by atoms with Gasteiger partial charge in [-0.25, -0.2) is 0 Å². The molecule has 23 heavy (non-hydrogen) atoms. The molecule has 0 spiro atoms. The van der Waals surface area contributed by atoms with Gasteiger partial charge in [-0.3, -0.25) is 0 Å². The molecule has 6 heteroatoms. The normalized spacial score (nSPS) is 26.7. The molecule has 0 saturated carbocycles. The molecule has 130 valence electrons. The predicted octanol–water partition coefficient (Wildman–Crippen LogP) is 5.14. The number of hydrogen-bond acceptors (Lipinski definition) is 4. The molecule has 0 aliphatic carbocycles. The fourth-order valence-electron chi connectivity index (χ4n) is 2.43. The molecular weight excluding hydrogens is 308 g/mol. The van der Waals surface area contributed by atoms with Crippen molar-refractivity contribution in [2.75, 3.05) is 0 Å². The van der Waals surface area contributed by atoms with Crippen LogP contribution in [0.15, 0.2) is 24.1 Å². The minimum atomic E-state index is -1.93. The Kier molecular flexibility index (Phi) is 6.57. The van der Waals surface area contributed by atoms with Gasteiger partial charge in [-0.15, -0.1) is 0 Å². The second-order valence-electron chi connectivity index (χ2n) is 7.94. The standard InChI is InChI=1S/C17H30N2O3Si/c1-12(2)14-8-9-15(22-23(6,7)17(3,4)5)16(21-14)10-13(20)11-19-18/h11,14-16H,1,8-10H2,2-7H3/p+1/b13-11+/t14-,15+,16-/m1/s1. The highest BCUT2D eigenvalue weighted by Gasteiger charge is 2.43. The van der Waals surface area contributed by atoms with Gasteiger partial charge >= 0.3 is 6.20 Å². The molecule has 3 atom stereocenters. The first-order chi connectivity index (χ1) is 10.5. The maximum atomic E-state index is 9.86. The molecule has 1 aliphatic heterocycles. The average molecular weight is 340 g/mol. The summed E-state index contributed by atoms with van der Waals surface area (Å²) in [7, 11) is -1.93. The fourth-order valence-corrected chi connectivity index (χ4v) is 3.81. The molecule has 0 aromatic heterocycles. The first-order valence-electron chi connectivity index (χ1n) is 8.19. The molecule has 0 aromatic carbocycles. The van der Waals surface area contributed by atoms with Crippen LogP contribution in [0.2, 0.25) is 18.1 Å². The summed E-state index contributed by atoms with van der Waals surface area (Å²) in [6.07, 6.45) is 2.71. The second kappa shape index (κ2) is 7.60. The largest absolute Gasteiger partial charge is 0.505 e. The first kappa shape index (κ1) is 19.9. The van der Waals surface area contributed by atoms with Crippen LogP contribution in [0.1, 0.15) is 47.0 Å². The molecule has 1 saturated heterocycles. The highest BCUT2D eigenvalue weighted by Crippen LogP contribution is 2.40. The summed E-state index contributed by atoms with van der Waals surface area (Å²) in [6, 6.07) is 0. The Morgan fingerprint density at radius 3 is 2.52 bits per heavy atom. The van der Waals surface area contributed by atoms with E-state index < -0.39 is 8.32 Å². The van der Waals surface area contributed by atoms with Gasteiger partial charge in [-0.05, 0) is 37.9 Å². The number of aliphatic hydroxyl groups excluding tert-OH is 1. The fraction of sp³-hybridized carbons (Fsp3) is 0.765. The van der Waals surface area contributed by atoms with Crippen molar-refractivity contribution in [2.24, 2.45) is 0 Å². The molecule has 1 heterocycles. The van der Waals surface area contributed by atoms with E-state index in [0.717, 1.165) is 24.6 Å². The van der Waals surface area contributed by atoms with Crippen molar-refractivity contribution in [3.8, 4) is 0 Å². The van der Waals surface area contributed by atoms with Gasteiger partial charge in [-0.1, -0.05) is 32.9 Å². The van der Waals surface area contributed by atoms with Gasteiger partial charge in [0.2, 0.25) is 5.39 Å². The summed E-state index contributed by atoms with van der Waals surface area (Å²) in [5, 5.41) is 18.5. The molecule has 1 aliphatic rings. The molecule has 0 amide bonds. The van der Waals surface area contributed by atoms with Crippen molar-refractivity contribution in [1.82, 2.24) is 0 Å². The SMILES string of the molecule is C=C(C)[C@H]1CC[C@H](O[Si](C)(C)C(C)(C)C)[C@@H](C/C(O)=C\[N+]#N)O1. The summed E-state index contributed by atoms with van der Waals surface area (Å²) in [5.74, 6) is -0.0105. The number of diazo groups is 1. The van der Waals surface area contributed by atoms with Crippen LogP contribution >= 0.6 is 0 Å². The highest BCUT2D eigenvalue weighted by atomic mass is 28.4. The van der Waals surface area contributed by atoms with Crippen molar-refractivity contribution in [3.63, 3.8) is 0 Å². The van der Waals surface area contributed by atoms with Crippen LogP contribution in [0.3, 0.4) is 0 Å². The smallest absolute Gasteiger partial charge is 0.387 e. The Bertz CT molecular complexity index is 503. The van der Waals surface area contributed by atoms with Crippen LogP contribution in [0.5, 0.6) is 0 Å². The maximum Gasteiger partial charge on any atom is 0.387 e. The Morgan fingerprint density at radius 2 is 2.04 bits per heavy atom. The van der Waals surface area contributed by atoms with E-state index in [2.05, 4.69) is 45.4 Å². The zero-order chi connectivity index (χ0) is 17.8. The summed E-state index contributed by atoms with van der Waals surface area (Å²) in [6.45, 7) is 17.0. The van der Waals surface area contributed by atoms with E-state index in [-0.39, 0.29) is 35.5 Å². The number of aliphatic hydroxyl groups is 1. The van der Waals surface area contributed by atoms with Crippen molar-refractivity contribution in [3.05, 3.63) is 29.1 Å². The summed E-state index contributed by atoms with van der Waals surface area (Å²) in [4.78, 5) is 2.88. The van der Waals surface area contributed by atoms with Gasteiger partial charge < -0.3 is 14.3 Å². The van der Waals surface area contributed by atoms with E-state index in [9.17, 15) is 5.11 Å². The number of rotatable bonds is 5. The lowest BCUT2D eigenvalue weighted by atomic mass is 9.95. The second-order valence-corrected chi connectivity index (χ2v) is 12.7. The lowest BCUT2D eigenvalue weighted by molar-refractivity contribution is -0.101. The monoisotopic (exact) mass is 339 g/mol. The first-order valence-corrected chi connectivity index (χ1v) is 11.1. The lowest BCUT2D eigenvalue weighted by Gasteiger charge is -2.44. The van der Waals surface area contributed by atoms with Gasteiger partial charge in [0.15, 0.2) is 19.1 Å². The van der Waals surface area contributed by atoms with Crippen LogP contribution in [0.25, 0.3) is 4.98 Å². The van der Waals surface area contributed by atoms with Gasteiger partial charge in [0, 0.05) is 6.42 Å². The topological polar surface area (TPSA) is 66.8 Å². The molecule has 0 bridgehead atoms. The minimum absolute atomic E-state index is 0.0105. The van der Waals surface area contributed by atoms with E-state index in [4.69, 9.17) is 14.6 Å². The molecule has 5 nitrogen and oxygen atoms in total. The number of hydrogen-bond donors (Lipinski definition) is 1. The number of ether oxygens (including phenoxy) is 1. The third-order valence-electron chi connectivity index (χ3n) is 4.89. The van der Waals surface area contributed by atoms with Crippen LogP contribution in [-0.4, -0.2) is 31.7 Å². The van der Waals surface area contributed by atoms with E-state index >= 15 is 0 Å². The van der Waals surface area contributed by atoms with Crippen molar-refractivity contribution in [2.45, 2.75) is 83.4 Å². The zero-order valence-electron chi connectivity index (χ0n) is 15.3. The van der Waals surface area contributed by atoms with Gasteiger partial charge in [0.25, 0.3) is 0 Å². The molecule has 0 unspecified atom stereocenters. The van der Waals surface area contributed by atoms with Gasteiger partial charge in [0.1, 0.15) is 0 Å². The van der Waals surface area contributed by atoms with E-state index in [0.29, 0.717) is 0 Å². The average Bonchev–Trinajstić information content (AvgIpc) is 2.39. The lowest BCUT2D eigenvalue weighted by Crippen LogP contribution is -2.50.